The molecule has 12 aromatic carbocycles. The predicted octanol–water partition coefficient (Wildman–Crippen LogP) is 16.1. The summed E-state index contributed by atoms with van der Waals surface area (Å²) in [5.41, 5.74) is 6.61. The molecule has 0 aliphatic heterocycles. The molecule has 0 spiro atoms. The van der Waals surface area contributed by atoms with Crippen LogP contribution in [0, 0.1) is 0 Å². The summed E-state index contributed by atoms with van der Waals surface area (Å²) in [7, 11) is 0. The Labute approximate surface area is 327 Å². The molecule has 0 bridgehead atoms. The van der Waals surface area contributed by atoms with Gasteiger partial charge in [-0.15, -0.1) is 0 Å². The Morgan fingerprint density at radius 2 is 0.544 bits per heavy atom. The van der Waals surface area contributed by atoms with Gasteiger partial charge in [0, 0.05) is 10.8 Å². The van der Waals surface area contributed by atoms with E-state index in [9.17, 15) is 0 Å². The quantitative estimate of drug-likeness (QED) is 0.162. The van der Waals surface area contributed by atoms with E-state index in [2.05, 4.69) is 194 Å². The lowest BCUT2D eigenvalue weighted by molar-refractivity contribution is 0.669. The third-order valence-electron chi connectivity index (χ3n) is 12.6. The van der Waals surface area contributed by atoms with E-state index in [0.717, 1.165) is 21.9 Å². The van der Waals surface area contributed by atoms with Crippen molar-refractivity contribution in [3.63, 3.8) is 0 Å². The molecule has 0 radical (unpaired) electrons. The van der Waals surface area contributed by atoms with Gasteiger partial charge < -0.3 is 4.42 Å². The van der Waals surface area contributed by atoms with Crippen LogP contribution >= 0.6 is 0 Å². The highest BCUT2D eigenvalue weighted by Crippen LogP contribution is 2.44. The van der Waals surface area contributed by atoms with Crippen molar-refractivity contribution < 1.29 is 4.42 Å². The Morgan fingerprint density at radius 3 is 0.982 bits per heavy atom. The molecule has 13 aromatic rings. The monoisotopic (exact) mass is 720 g/mol. The summed E-state index contributed by atoms with van der Waals surface area (Å²) in [5.74, 6) is 0. The van der Waals surface area contributed by atoms with Crippen molar-refractivity contribution in [1.29, 1.82) is 0 Å². The third-order valence-corrected chi connectivity index (χ3v) is 12.6. The fourth-order valence-electron chi connectivity index (χ4n) is 9.94. The van der Waals surface area contributed by atoms with Gasteiger partial charge in [0.1, 0.15) is 11.2 Å². The summed E-state index contributed by atoms with van der Waals surface area (Å²) in [6.07, 6.45) is 0. The maximum atomic E-state index is 6.55. The van der Waals surface area contributed by atoms with Crippen LogP contribution in [0.1, 0.15) is 0 Å². The Balaban J connectivity index is 1.04. The van der Waals surface area contributed by atoms with Crippen LogP contribution in [0.2, 0.25) is 0 Å². The fraction of sp³-hybridized carbons (Fsp3) is 0. The lowest BCUT2D eigenvalue weighted by Gasteiger charge is -2.14. The summed E-state index contributed by atoms with van der Waals surface area (Å²) >= 11 is 0. The molecule has 0 fully saturated rings. The van der Waals surface area contributed by atoms with Gasteiger partial charge in [-0.25, -0.2) is 0 Å². The van der Waals surface area contributed by atoms with E-state index in [4.69, 9.17) is 4.42 Å². The van der Waals surface area contributed by atoms with Crippen molar-refractivity contribution in [1.82, 2.24) is 0 Å². The minimum Gasteiger partial charge on any atom is -0.456 e. The summed E-state index contributed by atoms with van der Waals surface area (Å²) in [6.45, 7) is 0. The molecule has 1 heteroatoms. The van der Waals surface area contributed by atoms with Gasteiger partial charge in [0.25, 0.3) is 0 Å². The molecule has 0 amide bonds. The highest BCUT2D eigenvalue weighted by Gasteiger charge is 2.17. The zero-order valence-corrected chi connectivity index (χ0v) is 30.9. The average Bonchev–Trinajstić information content (AvgIpc) is 3.65. The van der Waals surface area contributed by atoms with Crippen LogP contribution in [-0.4, -0.2) is 0 Å². The summed E-state index contributed by atoms with van der Waals surface area (Å²) < 4.78 is 6.55. The molecule has 13 rings (SSSR count). The molecule has 0 saturated heterocycles. The van der Waals surface area contributed by atoms with Gasteiger partial charge in [-0.3, -0.25) is 0 Å². The maximum absolute atomic E-state index is 6.55. The molecule has 0 aliphatic rings. The highest BCUT2D eigenvalue weighted by atomic mass is 16.3. The predicted molar refractivity (Wildman–Crippen MR) is 245 cm³/mol. The van der Waals surface area contributed by atoms with Gasteiger partial charge in [0.2, 0.25) is 0 Å². The van der Waals surface area contributed by atoms with Crippen molar-refractivity contribution in [2.24, 2.45) is 0 Å². The second-order valence-electron chi connectivity index (χ2n) is 15.5. The Kier molecular flexibility index (Phi) is 6.23. The number of furan rings is 1. The van der Waals surface area contributed by atoms with Crippen LogP contribution in [0.15, 0.2) is 199 Å². The number of fused-ring (bicyclic) bond motifs is 17. The van der Waals surface area contributed by atoms with Crippen LogP contribution in [0.4, 0.5) is 0 Å². The maximum Gasteiger partial charge on any atom is 0.135 e. The summed E-state index contributed by atoms with van der Waals surface area (Å²) in [4.78, 5) is 0. The highest BCUT2D eigenvalue weighted by molar-refractivity contribution is 6.26. The SMILES string of the molecule is c1ccc2c(c1)ccc1c2ccc2c3ccccc3c(-c3ccc4oc5ccc(-c6cc7c(ccc8c9ccccc9ccc87)c7ccccc67)cc5c4c3)cc21. The molecular weight excluding hydrogens is 689 g/mol. The lowest BCUT2D eigenvalue weighted by Crippen LogP contribution is -1.87. The van der Waals surface area contributed by atoms with Crippen molar-refractivity contribution in [3.05, 3.63) is 194 Å². The third kappa shape index (κ3) is 4.40. The van der Waals surface area contributed by atoms with E-state index in [-0.39, 0.29) is 0 Å². The molecule has 0 aliphatic carbocycles. The Hall–Kier alpha value is -7.48. The van der Waals surface area contributed by atoms with E-state index in [0.29, 0.717) is 0 Å². The first-order valence-corrected chi connectivity index (χ1v) is 19.7. The fourth-order valence-corrected chi connectivity index (χ4v) is 9.94. The molecule has 0 atom stereocenters. The molecule has 1 aromatic heterocycles. The second-order valence-corrected chi connectivity index (χ2v) is 15.5. The van der Waals surface area contributed by atoms with Crippen molar-refractivity contribution in [2.45, 2.75) is 0 Å². The van der Waals surface area contributed by atoms with E-state index < -0.39 is 0 Å². The molecular formula is C56H32O. The zero-order chi connectivity index (χ0) is 37.2. The van der Waals surface area contributed by atoms with E-state index >= 15 is 0 Å². The van der Waals surface area contributed by atoms with Crippen LogP contribution in [0.3, 0.4) is 0 Å². The van der Waals surface area contributed by atoms with Crippen LogP contribution in [0.25, 0.3) is 130 Å². The van der Waals surface area contributed by atoms with Crippen LogP contribution in [-0.2, 0) is 0 Å². The molecule has 1 heterocycles. The molecule has 0 saturated carbocycles. The van der Waals surface area contributed by atoms with E-state index in [1.165, 1.54) is 108 Å². The topological polar surface area (TPSA) is 13.1 Å². The van der Waals surface area contributed by atoms with Gasteiger partial charge in [0.05, 0.1) is 0 Å². The van der Waals surface area contributed by atoms with Crippen molar-refractivity contribution in [3.8, 4) is 22.3 Å². The normalized spacial score (nSPS) is 12.2. The molecule has 1 nitrogen and oxygen atoms in total. The van der Waals surface area contributed by atoms with Crippen LogP contribution < -0.4 is 0 Å². The molecule has 0 N–H and O–H groups in total. The molecule has 262 valence electrons. The number of hydrogen-bond acceptors (Lipinski definition) is 1. The van der Waals surface area contributed by atoms with E-state index in [1.807, 2.05) is 0 Å². The van der Waals surface area contributed by atoms with Crippen molar-refractivity contribution >= 4 is 108 Å². The summed E-state index contributed by atoms with van der Waals surface area (Å²) in [6, 6.07) is 71.7. The first kappa shape index (κ1) is 30.8. The first-order valence-electron chi connectivity index (χ1n) is 19.7. The Bertz CT molecular complexity index is 3610. The average molecular weight is 721 g/mol. The lowest BCUT2D eigenvalue weighted by atomic mass is 9.89. The van der Waals surface area contributed by atoms with Gasteiger partial charge in [0.15, 0.2) is 0 Å². The van der Waals surface area contributed by atoms with E-state index in [1.54, 1.807) is 0 Å². The minimum absolute atomic E-state index is 0.897. The number of hydrogen-bond donors (Lipinski definition) is 0. The zero-order valence-electron chi connectivity index (χ0n) is 30.9. The summed E-state index contributed by atoms with van der Waals surface area (Å²) in [5, 5.41) is 22.6. The molecule has 0 unspecified atom stereocenters. The van der Waals surface area contributed by atoms with Gasteiger partial charge in [-0.05, 0) is 145 Å². The first-order chi connectivity index (χ1) is 28.2. The Morgan fingerprint density at radius 1 is 0.211 bits per heavy atom. The van der Waals surface area contributed by atoms with Gasteiger partial charge in [-0.2, -0.15) is 0 Å². The largest absolute Gasteiger partial charge is 0.456 e. The standard InChI is InChI=1S/C56H32O/c1-3-11-37-33(9-1)17-21-45-43(37)23-25-47-39-13-5-7-15-41(39)49(31-51(45)47)35-19-27-55-53(29-35)54-30-36(20-28-56(54)57-55)50-32-52-46-22-18-34-10-2-4-12-38(34)44(46)24-26-48(52)40-14-6-8-16-42(40)50/h1-32H. The van der Waals surface area contributed by atoms with Crippen LogP contribution in [0.5, 0.6) is 0 Å². The number of benzene rings is 12. The minimum atomic E-state index is 0.897. The van der Waals surface area contributed by atoms with Gasteiger partial charge >= 0.3 is 0 Å². The molecule has 57 heavy (non-hydrogen) atoms. The smallest absolute Gasteiger partial charge is 0.135 e. The number of rotatable bonds is 2. The second kappa shape index (κ2) is 11.5. The van der Waals surface area contributed by atoms with Gasteiger partial charge in [-0.1, -0.05) is 158 Å². The van der Waals surface area contributed by atoms with Crippen molar-refractivity contribution in [2.75, 3.05) is 0 Å².